The summed E-state index contributed by atoms with van der Waals surface area (Å²) in [7, 11) is 0. The molecule has 0 amide bonds. The van der Waals surface area contributed by atoms with E-state index in [-0.39, 0.29) is 6.61 Å². The molecule has 1 heterocycles. The molecule has 0 saturated carbocycles. The SMILES string of the molecule is Cc1ccc2c(c1)nc(CO)n2Cc1cccc(C#N)c1. The van der Waals surface area contributed by atoms with E-state index in [1.807, 2.05) is 47.9 Å². The van der Waals surface area contributed by atoms with Crippen LogP contribution in [0.25, 0.3) is 11.0 Å². The van der Waals surface area contributed by atoms with E-state index in [2.05, 4.69) is 11.1 Å². The number of fused-ring (bicyclic) bond motifs is 1. The predicted molar refractivity (Wildman–Crippen MR) is 80.7 cm³/mol. The Labute approximate surface area is 122 Å². The van der Waals surface area contributed by atoms with Crippen LogP contribution in [-0.2, 0) is 13.2 Å². The number of hydrogen-bond donors (Lipinski definition) is 1. The van der Waals surface area contributed by atoms with Gasteiger partial charge in [-0.15, -0.1) is 0 Å². The molecule has 0 saturated heterocycles. The fourth-order valence-corrected chi connectivity index (χ4v) is 2.51. The summed E-state index contributed by atoms with van der Waals surface area (Å²) < 4.78 is 1.99. The Balaban J connectivity index is 2.08. The van der Waals surface area contributed by atoms with Gasteiger partial charge in [0.2, 0.25) is 0 Å². The van der Waals surface area contributed by atoms with Crippen LogP contribution >= 0.6 is 0 Å². The van der Waals surface area contributed by atoms with Gasteiger partial charge in [0.05, 0.1) is 22.7 Å². The van der Waals surface area contributed by atoms with Crippen LogP contribution in [0, 0.1) is 18.3 Å². The Bertz CT molecular complexity index is 843. The van der Waals surface area contributed by atoms with Gasteiger partial charge in [0.15, 0.2) is 0 Å². The van der Waals surface area contributed by atoms with Gasteiger partial charge >= 0.3 is 0 Å². The van der Waals surface area contributed by atoms with E-state index >= 15 is 0 Å². The van der Waals surface area contributed by atoms with Crippen LogP contribution in [-0.4, -0.2) is 14.7 Å². The van der Waals surface area contributed by atoms with Gasteiger partial charge in [-0.3, -0.25) is 0 Å². The molecule has 104 valence electrons. The van der Waals surface area contributed by atoms with E-state index in [0.717, 1.165) is 22.2 Å². The van der Waals surface area contributed by atoms with Crippen LogP contribution in [0.15, 0.2) is 42.5 Å². The molecule has 3 aromatic rings. The van der Waals surface area contributed by atoms with Gasteiger partial charge in [0, 0.05) is 6.54 Å². The summed E-state index contributed by atoms with van der Waals surface area (Å²) in [6, 6.07) is 15.7. The molecule has 0 spiro atoms. The normalized spacial score (nSPS) is 10.7. The van der Waals surface area contributed by atoms with Crippen molar-refractivity contribution in [3.8, 4) is 6.07 Å². The molecular weight excluding hydrogens is 262 g/mol. The highest BCUT2D eigenvalue weighted by atomic mass is 16.3. The Morgan fingerprint density at radius 2 is 2.10 bits per heavy atom. The van der Waals surface area contributed by atoms with E-state index in [1.54, 1.807) is 6.07 Å². The smallest absolute Gasteiger partial charge is 0.136 e. The van der Waals surface area contributed by atoms with Crippen LogP contribution in [0.5, 0.6) is 0 Å². The van der Waals surface area contributed by atoms with Crippen molar-refractivity contribution >= 4 is 11.0 Å². The summed E-state index contributed by atoms with van der Waals surface area (Å²) >= 11 is 0. The standard InChI is InChI=1S/C17H15N3O/c1-12-5-6-16-15(7-12)19-17(11-21)20(16)10-14-4-2-3-13(8-14)9-18/h2-8,21H,10-11H2,1H3. The van der Waals surface area contributed by atoms with Gasteiger partial charge in [-0.05, 0) is 42.3 Å². The molecule has 0 bridgehead atoms. The second-order valence-electron chi connectivity index (χ2n) is 5.08. The van der Waals surface area contributed by atoms with Crippen LogP contribution in [0.2, 0.25) is 0 Å². The second kappa shape index (κ2) is 5.39. The summed E-state index contributed by atoms with van der Waals surface area (Å²) in [5, 5.41) is 18.5. The van der Waals surface area contributed by atoms with Crippen LogP contribution in [0.1, 0.15) is 22.5 Å². The highest BCUT2D eigenvalue weighted by Gasteiger charge is 2.10. The number of nitrogens with zero attached hydrogens (tertiary/aromatic N) is 3. The molecule has 2 aromatic carbocycles. The highest BCUT2D eigenvalue weighted by Crippen LogP contribution is 2.20. The van der Waals surface area contributed by atoms with E-state index in [4.69, 9.17) is 5.26 Å². The minimum Gasteiger partial charge on any atom is -0.388 e. The summed E-state index contributed by atoms with van der Waals surface area (Å²) in [6.45, 7) is 2.50. The van der Waals surface area contributed by atoms with Crippen LogP contribution in [0.4, 0.5) is 0 Å². The maximum absolute atomic E-state index is 9.53. The van der Waals surface area contributed by atoms with E-state index in [0.29, 0.717) is 17.9 Å². The van der Waals surface area contributed by atoms with Gasteiger partial charge < -0.3 is 9.67 Å². The lowest BCUT2D eigenvalue weighted by atomic mass is 10.1. The van der Waals surface area contributed by atoms with Crippen molar-refractivity contribution < 1.29 is 5.11 Å². The minimum absolute atomic E-state index is 0.105. The van der Waals surface area contributed by atoms with Crippen molar-refractivity contribution in [3.63, 3.8) is 0 Å². The van der Waals surface area contributed by atoms with E-state index < -0.39 is 0 Å². The molecular formula is C17H15N3O. The van der Waals surface area contributed by atoms with Crippen molar-refractivity contribution in [2.24, 2.45) is 0 Å². The van der Waals surface area contributed by atoms with Gasteiger partial charge in [0.25, 0.3) is 0 Å². The molecule has 0 aliphatic rings. The lowest BCUT2D eigenvalue weighted by Gasteiger charge is -2.08. The number of aromatic nitrogens is 2. The van der Waals surface area contributed by atoms with Gasteiger partial charge in [0.1, 0.15) is 12.4 Å². The number of benzene rings is 2. The molecule has 0 aliphatic carbocycles. The first-order valence-electron chi connectivity index (χ1n) is 6.77. The largest absolute Gasteiger partial charge is 0.388 e. The van der Waals surface area contributed by atoms with Crippen molar-refractivity contribution in [2.75, 3.05) is 0 Å². The minimum atomic E-state index is -0.105. The van der Waals surface area contributed by atoms with Crippen molar-refractivity contribution in [3.05, 3.63) is 65.0 Å². The van der Waals surface area contributed by atoms with Crippen molar-refractivity contribution in [1.82, 2.24) is 9.55 Å². The fraction of sp³-hybridized carbons (Fsp3) is 0.176. The zero-order valence-corrected chi connectivity index (χ0v) is 11.7. The third-order valence-corrected chi connectivity index (χ3v) is 3.52. The molecule has 4 heteroatoms. The van der Waals surface area contributed by atoms with E-state index in [9.17, 15) is 5.11 Å². The Hall–Kier alpha value is -2.64. The number of aliphatic hydroxyl groups is 1. The maximum Gasteiger partial charge on any atom is 0.136 e. The van der Waals surface area contributed by atoms with Crippen molar-refractivity contribution in [1.29, 1.82) is 5.26 Å². The zero-order valence-electron chi connectivity index (χ0n) is 11.7. The Morgan fingerprint density at radius 1 is 1.24 bits per heavy atom. The number of aryl methyl sites for hydroxylation is 1. The summed E-state index contributed by atoms with van der Waals surface area (Å²) in [6.07, 6.45) is 0. The summed E-state index contributed by atoms with van der Waals surface area (Å²) in [5.41, 5.74) is 4.67. The number of imidazole rings is 1. The first-order valence-corrected chi connectivity index (χ1v) is 6.77. The molecule has 21 heavy (non-hydrogen) atoms. The molecule has 3 rings (SSSR count). The monoisotopic (exact) mass is 277 g/mol. The average Bonchev–Trinajstić information content (AvgIpc) is 2.84. The van der Waals surface area contributed by atoms with Crippen LogP contribution < -0.4 is 0 Å². The molecule has 0 fully saturated rings. The predicted octanol–water partition coefficient (Wildman–Crippen LogP) is 2.76. The Kier molecular flexibility index (Phi) is 3.43. The molecule has 4 nitrogen and oxygen atoms in total. The third kappa shape index (κ3) is 2.51. The molecule has 0 radical (unpaired) electrons. The third-order valence-electron chi connectivity index (χ3n) is 3.52. The van der Waals surface area contributed by atoms with Gasteiger partial charge in [-0.2, -0.15) is 5.26 Å². The number of aliphatic hydroxyl groups excluding tert-OH is 1. The molecule has 0 unspecified atom stereocenters. The topological polar surface area (TPSA) is 61.8 Å². The lowest BCUT2D eigenvalue weighted by molar-refractivity contribution is 0.267. The number of hydrogen-bond acceptors (Lipinski definition) is 3. The lowest BCUT2D eigenvalue weighted by Crippen LogP contribution is -2.05. The maximum atomic E-state index is 9.53. The fourth-order valence-electron chi connectivity index (χ4n) is 2.51. The Morgan fingerprint density at radius 3 is 2.86 bits per heavy atom. The first-order chi connectivity index (χ1) is 10.2. The molecule has 1 aromatic heterocycles. The van der Waals surface area contributed by atoms with Gasteiger partial charge in [-0.1, -0.05) is 18.2 Å². The molecule has 0 atom stereocenters. The molecule has 0 aliphatic heterocycles. The number of nitriles is 1. The molecule has 1 N–H and O–H groups in total. The van der Waals surface area contributed by atoms with Crippen molar-refractivity contribution in [2.45, 2.75) is 20.1 Å². The van der Waals surface area contributed by atoms with E-state index in [1.165, 1.54) is 0 Å². The van der Waals surface area contributed by atoms with Crippen LogP contribution in [0.3, 0.4) is 0 Å². The van der Waals surface area contributed by atoms with Gasteiger partial charge in [-0.25, -0.2) is 4.98 Å². The highest BCUT2D eigenvalue weighted by molar-refractivity contribution is 5.77. The second-order valence-corrected chi connectivity index (χ2v) is 5.08. The average molecular weight is 277 g/mol. The number of rotatable bonds is 3. The summed E-state index contributed by atoms with van der Waals surface area (Å²) in [5.74, 6) is 0.637. The first kappa shape index (κ1) is 13.3. The summed E-state index contributed by atoms with van der Waals surface area (Å²) in [4.78, 5) is 4.48. The quantitative estimate of drug-likeness (QED) is 0.800. The zero-order chi connectivity index (χ0) is 14.8.